The van der Waals surface area contributed by atoms with Crippen LogP contribution >= 0.6 is 22.6 Å². The second kappa shape index (κ2) is 2.92. The number of hydrogen-bond donors (Lipinski definition) is 1. The molecule has 0 atom stereocenters. The Morgan fingerprint density at radius 2 is 2.10 bits per heavy atom. The molecule has 10 heavy (non-hydrogen) atoms. The second-order valence-corrected chi connectivity index (χ2v) is 4.70. The van der Waals surface area contributed by atoms with Crippen LogP contribution in [0, 0.1) is 10.5 Å². The number of rotatable bonds is 0. The van der Waals surface area contributed by atoms with Crippen molar-refractivity contribution in [1.82, 2.24) is 0 Å². The zero-order chi connectivity index (χ0) is 7.72. The van der Waals surface area contributed by atoms with Crippen LogP contribution in [-0.2, 0) is 0 Å². The van der Waals surface area contributed by atoms with Gasteiger partial charge in [-0.1, -0.05) is 10.8 Å². The highest BCUT2D eigenvalue weighted by molar-refractivity contribution is 14.1. The molecule has 1 aromatic rings. The fourth-order valence-corrected chi connectivity index (χ4v) is 2.45. The summed E-state index contributed by atoms with van der Waals surface area (Å²) in [6.07, 6.45) is 0. The first-order valence-corrected chi connectivity index (χ1v) is 5.21. The Morgan fingerprint density at radius 1 is 1.50 bits per heavy atom. The van der Waals surface area contributed by atoms with Crippen molar-refractivity contribution in [3.63, 3.8) is 0 Å². The lowest BCUT2D eigenvalue weighted by molar-refractivity contribution is 1.50. The fourth-order valence-electron chi connectivity index (χ4n) is 0.803. The lowest BCUT2D eigenvalue weighted by Crippen LogP contribution is -2.08. The Bertz CT molecular complexity index is 210. The highest BCUT2D eigenvalue weighted by atomic mass is 127. The molecule has 0 aromatic heterocycles. The monoisotopic (exact) mass is 263 g/mol. The lowest BCUT2D eigenvalue weighted by atomic mass is 10.2. The predicted molar refractivity (Wildman–Crippen MR) is 57.9 cm³/mol. The minimum atomic E-state index is 0.901. The number of nitrogens with two attached hydrogens (primary N) is 1. The number of anilines is 1. The third-order valence-electron chi connectivity index (χ3n) is 1.61. The van der Waals surface area contributed by atoms with E-state index in [0.717, 1.165) is 15.9 Å². The van der Waals surface area contributed by atoms with E-state index in [0.29, 0.717) is 0 Å². The molecule has 0 aliphatic rings. The summed E-state index contributed by atoms with van der Waals surface area (Å²) in [7, 11) is 1.11. The molecule has 0 saturated carbocycles. The number of nitrogen functional groups attached to an aromatic ring is 1. The van der Waals surface area contributed by atoms with Crippen LogP contribution in [0.4, 0.5) is 5.69 Å². The standard InChI is InChI=1S/C7H10INSi/c1-4-2-6(9)5(8)3-7(4)10/h2-3H,9H2,1,10H3. The van der Waals surface area contributed by atoms with E-state index in [1.807, 2.05) is 6.07 Å². The summed E-state index contributed by atoms with van der Waals surface area (Å²) < 4.78 is 1.17. The molecule has 0 aliphatic heterocycles. The van der Waals surface area contributed by atoms with Gasteiger partial charge in [-0.25, -0.2) is 0 Å². The molecule has 0 bridgehead atoms. The first-order valence-electron chi connectivity index (χ1n) is 3.13. The zero-order valence-electron chi connectivity index (χ0n) is 6.11. The Labute approximate surface area is 77.6 Å². The van der Waals surface area contributed by atoms with Crippen LogP contribution in [0.15, 0.2) is 12.1 Å². The SMILES string of the molecule is Cc1cc(N)c(I)cc1[SiH3]. The van der Waals surface area contributed by atoms with E-state index in [4.69, 9.17) is 5.73 Å². The Kier molecular flexibility index (Phi) is 2.35. The van der Waals surface area contributed by atoms with E-state index in [-0.39, 0.29) is 0 Å². The van der Waals surface area contributed by atoms with Crippen LogP contribution in [0.5, 0.6) is 0 Å². The van der Waals surface area contributed by atoms with E-state index < -0.39 is 0 Å². The van der Waals surface area contributed by atoms with Gasteiger partial charge in [0.2, 0.25) is 0 Å². The van der Waals surface area contributed by atoms with Gasteiger partial charge in [-0.05, 0) is 41.6 Å². The molecule has 1 rings (SSSR count). The summed E-state index contributed by atoms with van der Waals surface area (Å²) >= 11 is 2.26. The van der Waals surface area contributed by atoms with Gasteiger partial charge in [0.1, 0.15) is 0 Å². The van der Waals surface area contributed by atoms with Gasteiger partial charge in [-0.3, -0.25) is 0 Å². The molecule has 1 aromatic carbocycles. The second-order valence-electron chi connectivity index (χ2n) is 2.46. The van der Waals surface area contributed by atoms with Crippen molar-refractivity contribution < 1.29 is 0 Å². The van der Waals surface area contributed by atoms with Crippen LogP contribution in [0.2, 0.25) is 0 Å². The molecule has 0 spiro atoms. The van der Waals surface area contributed by atoms with Crippen molar-refractivity contribution in [1.29, 1.82) is 0 Å². The van der Waals surface area contributed by atoms with Crippen LogP contribution in [-0.4, -0.2) is 10.2 Å². The Morgan fingerprint density at radius 3 is 2.60 bits per heavy atom. The van der Waals surface area contributed by atoms with E-state index in [1.54, 1.807) is 0 Å². The molecule has 0 radical (unpaired) electrons. The van der Waals surface area contributed by atoms with Gasteiger partial charge in [-0.2, -0.15) is 0 Å². The molecule has 0 saturated heterocycles. The lowest BCUT2D eigenvalue weighted by Gasteiger charge is -2.02. The summed E-state index contributed by atoms with van der Waals surface area (Å²) in [5.41, 5.74) is 7.92. The predicted octanol–water partition coefficient (Wildman–Crippen LogP) is 0.173. The largest absolute Gasteiger partial charge is 0.398 e. The van der Waals surface area contributed by atoms with Crippen LogP contribution < -0.4 is 10.9 Å². The highest BCUT2D eigenvalue weighted by Crippen LogP contribution is 2.13. The third-order valence-corrected chi connectivity index (χ3v) is 3.62. The molecule has 0 heterocycles. The maximum absolute atomic E-state index is 5.70. The van der Waals surface area contributed by atoms with Crippen molar-refractivity contribution in [2.75, 3.05) is 5.73 Å². The van der Waals surface area contributed by atoms with Gasteiger partial charge in [0.15, 0.2) is 0 Å². The normalized spacial score (nSPS) is 10.2. The van der Waals surface area contributed by atoms with Crippen LogP contribution in [0.25, 0.3) is 0 Å². The first kappa shape index (κ1) is 8.07. The summed E-state index contributed by atoms with van der Waals surface area (Å²) in [6, 6.07) is 4.21. The van der Waals surface area contributed by atoms with Crippen molar-refractivity contribution in [2.24, 2.45) is 0 Å². The van der Waals surface area contributed by atoms with Crippen molar-refractivity contribution in [3.8, 4) is 0 Å². The van der Waals surface area contributed by atoms with E-state index in [1.165, 1.54) is 14.3 Å². The molecule has 0 aliphatic carbocycles. The summed E-state index contributed by atoms with van der Waals surface area (Å²) in [6.45, 7) is 2.11. The third kappa shape index (κ3) is 1.52. The van der Waals surface area contributed by atoms with Crippen molar-refractivity contribution in [2.45, 2.75) is 6.92 Å². The van der Waals surface area contributed by atoms with Gasteiger partial charge >= 0.3 is 0 Å². The minimum Gasteiger partial charge on any atom is -0.398 e. The first-order chi connectivity index (χ1) is 4.61. The molecule has 0 amide bonds. The highest BCUT2D eigenvalue weighted by Gasteiger charge is 1.97. The van der Waals surface area contributed by atoms with Gasteiger partial charge in [0.05, 0.1) is 0 Å². The van der Waals surface area contributed by atoms with Gasteiger partial charge < -0.3 is 5.73 Å². The fraction of sp³-hybridized carbons (Fsp3) is 0.143. The minimum absolute atomic E-state index is 0.901. The summed E-state index contributed by atoms with van der Waals surface area (Å²) in [5.74, 6) is 0. The van der Waals surface area contributed by atoms with E-state index in [9.17, 15) is 0 Å². The molecule has 1 nitrogen and oxygen atoms in total. The van der Waals surface area contributed by atoms with Crippen LogP contribution in [0.1, 0.15) is 5.56 Å². The Balaban J connectivity index is 3.28. The molecule has 2 N–H and O–H groups in total. The summed E-state index contributed by atoms with van der Waals surface area (Å²) in [4.78, 5) is 0. The number of benzene rings is 1. The zero-order valence-corrected chi connectivity index (χ0v) is 10.3. The topological polar surface area (TPSA) is 26.0 Å². The van der Waals surface area contributed by atoms with Crippen LogP contribution in [0.3, 0.4) is 0 Å². The quantitative estimate of drug-likeness (QED) is 0.403. The van der Waals surface area contributed by atoms with E-state index in [2.05, 4.69) is 35.6 Å². The Hall–Kier alpha value is -0.0331. The average Bonchev–Trinajstić information content (AvgIpc) is 1.84. The molecular weight excluding hydrogens is 253 g/mol. The number of aryl methyl sites for hydroxylation is 1. The average molecular weight is 263 g/mol. The maximum Gasteiger partial charge on any atom is 0.0452 e. The number of hydrogen-bond acceptors (Lipinski definition) is 1. The van der Waals surface area contributed by atoms with Crippen molar-refractivity contribution >= 4 is 43.7 Å². The van der Waals surface area contributed by atoms with E-state index >= 15 is 0 Å². The van der Waals surface area contributed by atoms with Gasteiger partial charge in [0.25, 0.3) is 0 Å². The smallest absolute Gasteiger partial charge is 0.0452 e. The molecule has 54 valence electrons. The molecule has 0 unspecified atom stereocenters. The van der Waals surface area contributed by atoms with Gasteiger partial charge in [0, 0.05) is 19.5 Å². The molecule has 3 heteroatoms. The molecule has 0 fully saturated rings. The number of halogens is 1. The molecular formula is C7H10INSi. The maximum atomic E-state index is 5.70. The van der Waals surface area contributed by atoms with Crippen molar-refractivity contribution in [3.05, 3.63) is 21.3 Å². The summed E-state index contributed by atoms with van der Waals surface area (Å²) in [5, 5.41) is 1.44. The van der Waals surface area contributed by atoms with Gasteiger partial charge in [-0.15, -0.1) is 0 Å².